The molecule has 0 spiro atoms. The molecule has 2 aromatic rings. The zero-order valence-electron chi connectivity index (χ0n) is 10.3. The van der Waals surface area contributed by atoms with Crippen molar-refractivity contribution in [3.8, 4) is 11.3 Å². The fourth-order valence-corrected chi connectivity index (χ4v) is 2.02. The molecule has 0 saturated carbocycles. The van der Waals surface area contributed by atoms with Gasteiger partial charge in [0.1, 0.15) is 11.6 Å². The van der Waals surface area contributed by atoms with E-state index < -0.39 is 5.82 Å². The third kappa shape index (κ3) is 3.33. The van der Waals surface area contributed by atoms with Crippen molar-refractivity contribution in [1.82, 2.24) is 10.2 Å². The summed E-state index contributed by atoms with van der Waals surface area (Å²) in [5.74, 6) is 0.146. The first kappa shape index (κ1) is 14.0. The Kier molecular flexibility index (Phi) is 4.56. The van der Waals surface area contributed by atoms with Gasteiger partial charge in [-0.1, -0.05) is 30.1 Å². The maximum absolute atomic E-state index is 13.4. The lowest BCUT2D eigenvalue weighted by Crippen LogP contribution is -2.03. The minimum absolute atomic E-state index is 0.0112. The lowest BCUT2D eigenvalue weighted by Gasteiger charge is -2.06. The first-order chi connectivity index (χ1) is 9.11. The van der Waals surface area contributed by atoms with Gasteiger partial charge in [-0.15, -0.1) is 10.2 Å². The minimum atomic E-state index is -0.531. The zero-order valence-corrected chi connectivity index (χ0v) is 11.8. The molecule has 0 amide bonds. The molecule has 0 fully saturated rings. The molecule has 1 aromatic carbocycles. The highest BCUT2D eigenvalue weighted by Gasteiger charge is 2.10. The van der Waals surface area contributed by atoms with Gasteiger partial charge < -0.3 is 5.32 Å². The molecule has 0 aliphatic rings. The van der Waals surface area contributed by atoms with Gasteiger partial charge in [0.15, 0.2) is 0 Å². The van der Waals surface area contributed by atoms with Gasteiger partial charge in [-0.05, 0) is 30.7 Å². The maximum Gasteiger partial charge on any atom is 0.148 e. The van der Waals surface area contributed by atoms with E-state index in [2.05, 4.69) is 22.4 Å². The Morgan fingerprint density at radius 3 is 2.58 bits per heavy atom. The molecule has 6 heteroatoms. The second-order valence-electron chi connectivity index (χ2n) is 3.98. The number of hydrogen-bond acceptors (Lipinski definition) is 3. The Bertz CT molecular complexity index is 573. The van der Waals surface area contributed by atoms with E-state index in [4.69, 9.17) is 23.2 Å². The molecule has 0 aliphatic heterocycles. The molecule has 1 N–H and O–H groups in total. The van der Waals surface area contributed by atoms with Crippen LogP contribution < -0.4 is 5.32 Å². The highest BCUT2D eigenvalue weighted by atomic mass is 35.5. The van der Waals surface area contributed by atoms with Crippen LogP contribution in [-0.4, -0.2) is 16.7 Å². The molecule has 0 radical (unpaired) electrons. The molecule has 1 aromatic heterocycles. The monoisotopic (exact) mass is 299 g/mol. The standard InChI is InChI=1S/C13H12Cl2FN3/c1-2-5-17-13-4-3-12(18-19-13)8-6-11(16)10(15)7-9(8)14/h3-4,6-7H,2,5H2,1H3,(H,17,19). The Morgan fingerprint density at radius 2 is 1.95 bits per heavy atom. The van der Waals surface area contributed by atoms with Crippen molar-refractivity contribution in [3.63, 3.8) is 0 Å². The van der Waals surface area contributed by atoms with Gasteiger partial charge in [0.2, 0.25) is 0 Å². The van der Waals surface area contributed by atoms with Crippen LogP contribution in [0.25, 0.3) is 11.3 Å². The molecule has 100 valence electrons. The van der Waals surface area contributed by atoms with Crippen LogP contribution in [0.1, 0.15) is 13.3 Å². The number of benzene rings is 1. The van der Waals surface area contributed by atoms with Gasteiger partial charge in [0, 0.05) is 12.1 Å². The van der Waals surface area contributed by atoms with Crippen LogP contribution >= 0.6 is 23.2 Å². The summed E-state index contributed by atoms with van der Waals surface area (Å²) >= 11 is 11.7. The van der Waals surface area contributed by atoms with Crippen LogP contribution in [0.5, 0.6) is 0 Å². The van der Waals surface area contributed by atoms with Gasteiger partial charge in [-0.2, -0.15) is 0 Å². The van der Waals surface area contributed by atoms with Crippen molar-refractivity contribution in [1.29, 1.82) is 0 Å². The van der Waals surface area contributed by atoms with Crippen molar-refractivity contribution in [2.45, 2.75) is 13.3 Å². The van der Waals surface area contributed by atoms with Crippen LogP contribution in [0.15, 0.2) is 24.3 Å². The smallest absolute Gasteiger partial charge is 0.148 e. The summed E-state index contributed by atoms with van der Waals surface area (Å²) in [6.07, 6.45) is 0.998. The van der Waals surface area contributed by atoms with Crippen LogP contribution in [0.2, 0.25) is 10.0 Å². The molecule has 0 bridgehead atoms. The fraction of sp³-hybridized carbons (Fsp3) is 0.231. The van der Waals surface area contributed by atoms with Crippen LogP contribution in [-0.2, 0) is 0 Å². The highest BCUT2D eigenvalue weighted by molar-refractivity contribution is 6.36. The van der Waals surface area contributed by atoms with Gasteiger partial charge >= 0.3 is 0 Å². The summed E-state index contributed by atoms with van der Waals surface area (Å²) < 4.78 is 13.4. The van der Waals surface area contributed by atoms with Crippen molar-refractivity contribution in [2.75, 3.05) is 11.9 Å². The fourth-order valence-electron chi connectivity index (χ4n) is 1.54. The van der Waals surface area contributed by atoms with Gasteiger partial charge in [0.25, 0.3) is 0 Å². The quantitative estimate of drug-likeness (QED) is 0.850. The second-order valence-corrected chi connectivity index (χ2v) is 4.79. The molecule has 0 atom stereocenters. The molecular formula is C13H12Cl2FN3. The van der Waals surface area contributed by atoms with Crippen molar-refractivity contribution in [2.24, 2.45) is 0 Å². The van der Waals surface area contributed by atoms with E-state index in [-0.39, 0.29) is 5.02 Å². The Balaban J connectivity index is 2.29. The molecule has 19 heavy (non-hydrogen) atoms. The first-order valence-corrected chi connectivity index (χ1v) is 6.60. The molecule has 2 rings (SSSR count). The van der Waals surface area contributed by atoms with Crippen molar-refractivity contribution >= 4 is 29.0 Å². The molecule has 1 heterocycles. The summed E-state index contributed by atoms with van der Waals surface area (Å²) in [7, 11) is 0. The lowest BCUT2D eigenvalue weighted by molar-refractivity contribution is 0.628. The lowest BCUT2D eigenvalue weighted by atomic mass is 10.1. The molecular weight excluding hydrogens is 288 g/mol. The van der Waals surface area contributed by atoms with E-state index in [1.807, 2.05) is 0 Å². The van der Waals surface area contributed by atoms with E-state index in [9.17, 15) is 4.39 Å². The van der Waals surface area contributed by atoms with Crippen LogP contribution in [0.3, 0.4) is 0 Å². The average Bonchev–Trinajstić information content (AvgIpc) is 2.41. The van der Waals surface area contributed by atoms with Crippen LogP contribution in [0, 0.1) is 5.82 Å². The van der Waals surface area contributed by atoms with Crippen LogP contribution in [0.4, 0.5) is 10.2 Å². The minimum Gasteiger partial charge on any atom is -0.369 e. The SMILES string of the molecule is CCCNc1ccc(-c2cc(F)c(Cl)cc2Cl)nn1. The number of hydrogen-bond donors (Lipinski definition) is 1. The predicted molar refractivity (Wildman–Crippen MR) is 76.2 cm³/mol. The molecule has 3 nitrogen and oxygen atoms in total. The summed E-state index contributed by atoms with van der Waals surface area (Å²) in [5, 5.41) is 11.5. The van der Waals surface area contributed by atoms with E-state index in [1.165, 1.54) is 12.1 Å². The Labute approximate surface area is 120 Å². The van der Waals surface area contributed by atoms with E-state index in [0.717, 1.165) is 13.0 Å². The zero-order chi connectivity index (χ0) is 13.8. The second kappa shape index (κ2) is 6.17. The number of rotatable bonds is 4. The van der Waals surface area contributed by atoms with Crippen molar-refractivity contribution in [3.05, 3.63) is 40.1 Å². The number of anilines is 1. The Morgan fingerprint density at radius 1 is 1.16 bits per heavy atom. The summed E-state index contributed by atoms with van der Waals surface area (Å²) in [6.45, 7) is 2.88. The summed E-state index contributed by atoms with van der Waals surface area (Å²) in [4.78, 5) is 0. The topological polar surface area (TPSA) is 37.8 Å². The van der Waals surface area contributed by atoms with Gasteiger partial charge in [0.05, 0.1) is 15.7 Å². The molecule has 0 saturated heterocycles. The van der Waals surface area contributed by atoms with E-state index in [1.54, 1.807) is 12.1 Å². The predicted octanol–water partition coefficient (Wildman–Crippen LogP) is 4.41. The number of nitrogens with zero attached hydrogens (tertiary/aromatic N) is 2. The summed E-state index contributed by atoms with van der Waals surface area (Å²) in [5.41, 5.74) is 0.973. The first-order valence-electron chi connectivity index (χ1n) is 5.84. The average molecular weight is 300 g/mol. The van der Waals surface area contributed by atoms with Crippen molar-refractivity contribution < 1.29 is 4.39 Å². The van der Waals surface area contributed by atoms with Gasteiger partial charge in [-0.25, -0.2) is 4.39 Å². The molecule has 0 unspecified atom stereocenters. The summed E-state index contributed by atoms with van der Waals surface area (Å²) in [6, 6.07) is 6.13. The largest absolute Gasteiger partial charge is 0.369 e. The van der Waals surface area contributed by atoms with Gasteiger partial charge in [-0.3, -0.25) is 0 Å². The number of halogens is 3. The number of aromatic nitrogens is 2. The third-order valence-corrected chi connectivity index (χ3v) is 3.11. The Hall–Kier alpha value is -1.39. The normalized spacial score (nSPS) is 10.5. The molecule has 0 aliphatic carbocycles. The number of nitrogens with one attached hydrogen (secondary N) is 1. The third-order valence-electron chi connectivity index (χ3n) is 2.51. The van der Waals surface area contributed by atoms with E-state index >= 15 is 0 Å². The van der Waals surface area contributed by atoms with E-state index in [0.29, 0.717) is 22.1 Å². The highest BCUT2D eigenvalue weighted by Crippen LogP contribution is 2.31. The maximum atomic E-state index is 13.4.